The third kappa shape index (κ3) is 4.69. The quantitative estimate of drug-likeness (QED) is 0.421. The molecule has 0 bridgehead atoms. The van der Waals surface area contributed by atoms with E-state index < -0.39 is 40.3 Å². The van der Waals surface area contributed by atoms with Gasteiger partial charge in [0.15, 0.2) is 5.82 Å². The van der Waals surface area contributed by atoms with Crippen LogP contribution in [0.1, 0.15) is 11.1 Å². The lowest BCUT2D eigenvalue weighted by Crippen LogP contribution is -2.27. The van der Waals surface area contributed by atoms with E-state index in [-0.39, 0.29) is 17.4 Å². The number of aromatic nitrogens is 2. The molecule has 6 nitrogen and oxygen atoms in total. The minimum atomic E-state index is -4.77. The van der Waals surface area contributed by atoms with Gasteiger partial charge in [0.2, 0.25) is 0 Å². The van der Waals surface area contributed by atoms with Crippen molar-refractivity contribution in [1.29, 1.82) is 0 Å². The lowest BCUT2D eigenvalue weighted by atomic mass is 10.2. The van der Waals surface area contributed by atoms with Gasteiger partial charge in [-0.25, -0.2) is 9.18 Å². The van der Waals surface area contributed by atoms with Gasteiger partial charge >= 0.3 is 12.1 Å². The van der Waals surface area contributed by atoms with E-state index in [0.717, 1.165) is 25.1 Å². The molecule has 0 aliphatic heterocycles. The molecule has 0 saturated heterocycles. The number of ether oxygens (including phenoxy) is 2. The molecule has 0 aliphatic carbocycles. The Balaban J connectivity index is 2.42. The van der Waals surface area contributed by atoms with Crippen molar-refractivity contribution in [3.8, 4) is 11.4 Å². The van der Waals surface area contributed by atoms with Crippen molar-refractivity contribution >= 4 is 17.6 Å². The SMILES string of the molecule is COC(=O)/C=C/COc1cc(-n2ncc(C(F)(F)F)c(C)c2=O)c(F)cc1Cl. The van der Waals surface area contributed by atoms with Gasteiger partial charge < -0.3 is 9.47 Å². The van der Waals surface area contributed by atoms with Gasteiger partial charge in [-0.1, -0.05) is 11.6 Å². The third-order valence-electron chi connectivity index (χ3n) is 3.54. The van der Waals surface area contributed by atoms with E-state index in [1.54, 1.807) is 0 Å². The molecule has 0 saturated carbocycles. The van der Waals surface area contributed by atoms with E-state index >= 15 is 0 Å². The molecule has 1 aromatic carbocycles. The molecule has 0 radical (unpaired) electrons. The van der Waals surface area contributed by atoms with Gasteiger partial charge in [0.25, 0.3) is 5.56 Å². The second-order valence-corrected chi connectivity index (χ2v) is 5.78. The number of halogens is 5. The average Bonchev–Trinajstić information content (AvgIpc) is 2.61. The fraction of sp³-hybridized carbons (Fsp3) is 0.235. The Kier molecular flexibility index (Phi) is 6.45. The number of benzene rings is 1. The molecule has 2 rings (SSSR count). The van der Waals surface area contributed by atoms with E-state index in [9.17, 15) is 27.2 Å². The molecule has 11 heteroatoms. The smallest absolute Gasteiger partial charge is 0.418 e. The Morgan fingerprint density at radius 2 is 2.04 bits per heavy atom. The second kappa shape index (κ2) is 8.42. The molecule has 0 amide bonds. The highest BCUT2D eigenvalue weighted by atomic mass is 35.5. The van der Waals surface area contributed by atoms with Crippen LogP contribution in [0.2, 0.25) is 5.02 Å². The van der Waals surface area contributed by atoms with Gasteiger partial charge in [0.05, 0.1) is 23.9 Å². The highest BCUT2D eigenvalue weighted by Gasteiger charge is 2.34. The lowest BCUT2D eigenvalue weighted by Gasteiger charge is -2.14. The van der Waals surface area contributed by atoms with E-state index in [4.69, 9.17) is 16.3 Å². The lowest BCUT2D eigenvalue weighted by molar-refractivity contribution is -0.138. The number of nitrogens with zero attached hydrogens (tertiary/aromatic N) is 2. The first-order valence-electron chi connectivity index (χ1n) is 7.59. The molecule has 150 valence electrons. The zero-order valence-electron chi connectivity index (χ0n) is 14.5. The third-order valence-corrected chi connectivity index (χ3v) is 3.84. The van der Waals surface area contributed by atoms with Gasteiger partial charge in [-0.05, 0) is 19.1 Å². The first kappa shape index (κ1) is 21.4. The minimum absolute atomic E-state index is 0.0705. The normalized spacial score (nSPS) is 11.7. The zero-order valence-corrected chi connectivity index (χ0v) is 15.3. The second-order valence-electron chi connectivity index (χ2n) is 5.37. The van der Waals surface area contributed by atoms with Gasteiger partial charge in [-0.2, -0.15) is 23.0 Å². The van der Waals surface area contributed by atoms with Crippen LogP contribution in [0.25, 0.3) is 5.69 Å². The van der Waals surface area contributed by atoms with Gasteiger partial charge in [-0.3, -0.25) is 4.79 Å². The summed E-state index contributed by atoms with van der Waals surface area (Å²) < 4.78 is 63.0. The Hall–Kier alpha value is -2.88. The van der Waals surface area contributed by atoms with Crippen molar-refractivity contribution < 1.29 is 31.8 Å². The molecule has 0 fully saturated rings. The van der Waals surface area contributed by atoms with Crippen LogP contribution in [-0.2, 0) is 15.7 Å². The minimum Gasteiger partial charge on any atom is -0.488 e. The predicted octanol–water partition coefficient (Wildman–Crippen LogP) is 3.46. The van der Waals surface area contributed by atoms with Crippen molar-refractivity contribution in [1.82, 2.24) is 9.78 Å². The summed E-state index contributed by atoms with van der Waals surface area (Å²) in [5.74, 6) is -1.68. The highest BCUT2D eigenvalue weighted by molar-refractivity contribution is 6.32. The summed E-state index contributed by atoms with van der Waals surface area (Å²) >= 11 is 5.88. The first-order chi connectivity index (χ1) is 13.1. The first-order valence-corrected chi connectivity index (χ1v) is 7.97. The van der Waals surface area contributed by atoms with Crippen molar-refractivity contribution in [2.75, 3.05) is 13.7 Å². The number of hydrogen-bond donors (Lipinski definition) is 0. The molecule has 0 N–H and O–H groups in total. The molecule has 1 heterocycles. The summed E-state index contributed by atoms with van der Waals surface area (Å²) in [5, 5.41) is 3.26. The van der Waals surface area contributed by atoms with Crippen LogP contribution in [-0.4, -0.2) is 29.5 Å². The van der Waals surface area contributed by atoms with Gasteiger partial charge in [-0.15, -0.1) is 0 Å². The predicted molar refractivity (Wildman–Crippen MR) is 91.2 cm³/mol. The number of hydrogen-bond acceptors (Lipinski definition) is 5. The molecule has 1 aromatic heterocycles. The molecular weight excluding hydrogens is 408 g/mol. The maximum atomic E-state index is 14.3. The fourth-order valence-corrected chi connectivity index (χ4v) is 2.34. The van der Waals surface area contributed by atoms with Crippen LogP contribution in [0.5, 0.6) is 5.75 Å². The monoisotopic (exact) mass is 420 g/mol. The van der Waals surface area contributed by atoms with Crippen molar-refractivity contribution in [3.05, 3.63) is 62.8 Å². The van der Waals surface area contributed by atoms with E-state index in [1.165, 1.54) is 13.2 Å². The molecule has 2 aromatic rings. The van der Waals surface area contributed by atoms with Crippen molar-refractivity contribution in [2.24, 2.45) is 0 Å². The molecule has 0 atom stereocenters. The highest BCUT2D eigenvalue weighted by Crippen LogP contribution is 2.31. The maximum Gasteiger partial charge on any atom is 0.418 e. The zero-order chi connectivity index (χ0) is 21.1. The number of rotatable bonds is 5. The molecule has 0 aliphatic rings. The largest absolute Gasteiger partial charge is 0.488 e. The molecule has 0 spiro atoms. The van der Waals surface area contributed by atoms with Crippen LogP contribution in [0.3, 0.4) is 0 Å². The number of esters is 1. The summed E-state index contributed by atoms with van der Waals surface area (Å²) in [5.41, 5.74) is -3.45. The topological polar surface area (TPSA) is 70.4 Å². The number of alkyl halides is 3. The van der Waals surface area contributed by atoms with Crippen LogP contribution in [0.4, 0.5) is 17.6 Å². The number of carbonyl (C=O) groups is 1. The summed E-state index contributed by atoms with van der Waals surface area (Å²) in [6.45, 7) is 0.820. The van der Waals surface area contributed by atoms with Crippen LogP contribution in [0, 0.1) is 12.7 Å². The Bertz CT molecular complexity index is 986. The van der Waals surface area contributed by atoms with Crippen LogP contribution < -0.4 is 10.3 Å². The van der Waals surface area contributed by atoms with E-state index in [0.29, 0.717) is 10.9 Å². The Morgan fingerprint density at radius 1 is 1.36 bits per heavy atom. The van der Waals surface area contributed by atoms with Crippen molar-refractivity contribution in [3.63, 3.8) is 0 Å². The fourth-order valence-electron chi connectivity index (χ4n) is 2.14. The van der Waals surface area contributed by atoms with Crippen molar-refractivity contribution in [2.45, 2.75) is 13.1 Å². The average molecular weight is 421 g/mol. The van der Waals surface area contributed by atoms with E-state index in [2.05, 4.69) is 9.84 Å². The summed E-state index contributed by atoms with van der Waals surface area (Å²) in [6.07, 6.45) is -1.94. The molecule has 28 heavy (non-hydrogen) atoms. The standard InChI is InChI=1S/C17H13ClF4N2O4/c1-9-10(17(20,21)22)8-23-24(16(9)26)13-7-14(11(18)6-12(13)19)28-5-3-4-15(25)27-2/h3-4,6-8H,5H2,1-2H3/b4-3+. The summed E-state index contributed by atoms with van der Waals surface area (Å²) in [4.78, 5) is 23.2. The van der Waals surface area contributed by atoms with Crippen LogP contribution >= 0.6 is 11.6 Å². The van der Waals surface area contributed by atoms with Gasteiger partial charge in [0, 0.05) is 17.7 Å². The summed E-state index contributed by atoms with van der Waals surface area (Å²) in [7, 11) is 1.19. The molecule has 0 unspecified atom stereocenters. The Morgan fingerprint density at radius 3 is 2.64 bits per heavy atom. The number of methoxy groups -OCH3 is 1. The number of carbonyl (C=O) groups excluding carboxylic acids is 1. The van der Waals surface area contributed by atoms with Crippen LogP contribution in [0.15, 0.2) is 35.3 Å². The summed E-state index contributed by atoms with van der Waals surface area (Å²) in [6, 6.07) is 1.85. The maximum absolute atomic E-state index is 14.3. The van der Waals surface area contributed by atoms with E-state index in [1.807, 2.05) is 0 Å². The van der Waals surface area contributed by atoms with Gasteiger partial charge in [0.1, 0.15) is 18.0 Å². The molecular formula is C17H13ClF4N2O4. The Labute approximate surface area is 160 Å².